The molecule has 0 saturated carbocycles. The normalized spacial score (nSPS) is 10.4. The Morgan fingerprint density at radius 2 is 1.58 bits per heavy atom. The average Bonchev–Trinajstić information content (AvgIpc) is 2.64. The number of carbonyl (C=O) groups excluding carboxylic acids is 1. The Kier molecular flexibility index (Phi) is 5.49. The molecule has 0 aliphatic rings. The zero-order chi connectivity index (χ0) is 18.4. The molecular weight excluding hydrogens is 324 g/mol. The Hall–Kier alpha value is -3.34. The summed E-state index contributed by atoms with van der Waals surface area (Å²) in [5, 5.41) is 9.47. The number of nitrogens with one attached hydrogen (secondary N) is 3. The molecule has 0 spiro atoms. The summed E-state index contributed by atoms with van der Waals surface area (Å²) < 4.78 is 0. The van der Waals surface area contributed by atoms with Gasteiger partial charge in [-0.25, -0.2) is 4.98 Å². The summed E-state index contributed by atoms with van der Waals surface area (Å²) in [6.45, 7) is 4.08. The largest absolute Gasteiger partial charge is 0.368 e. The predicted octanol–water partition coefficient (Wildman–Crippen LogP) is 4.90. The molecule has 0 aliphatic heterocycles. The van der Waals surface area contributed by atoms with Gasteiger partial charge in [-0.3, -0.25) is 4.79 Å². The van der Waals surface area contributed by atoms with Gasteiger partial charge < -0.3 is 16.0 Å². The minimum absolute atomic E-state index is 0.198. The first-order chi connectivity index (χ1) is 12.6. The van der Waals surface area contributed by atoms with Gasteiger partial charge in [0.05, 0.1) is 16.9 Å². The van der Waals surface area contributed by atoms with Gasteiger partial charge in [0.1, 0.15) is 5.82 Å². The van der Waals surface area contributed by atoms with Gasteiger partial charge in [-0.2, -0.15) is 0 Å². The van der Waals surface area contributed by atoms with E-state index in [0.717, 1.165) is 17.2 Å². The average molecular weight is 346 g/mol. The Morgan fingerprint density at radius 1 is 0.885 bits per heavy atom. The van der Waals surface area contributed by atoms with Gasteiger partial charge >= 0.3 is 0 Å². The van der Waals surface area contributed by atoms with Crippen LogP contribution in [0.3, 0.4) is 0 Å². The Balaban J connectivity index is 1.73. The van der Waals surface area contributed by atoms with Gasteiger partial charge in [0, 0.05) is 17.9 Å². The number of benzene rings is 2. The maximum absolute atomic E-state index is 12.6. The van der Waals surface area contributed by atoms with Crippen molar-refractivity contribution in [3.8, 4) is 0 Å². The Bertz CT molecular complexity index is 861. The van der Waals surface area contributed by atoms with Gasteiger partial charge in [-0.1, -0.05) is 30.3 Å². The maximum atomic E-state index is 12.6. The molecule has 5 heteroatoms. The molecular formula is C21H22N4O. The van der Waals surface area contributed by atoms with Crippen LogP contribution in [0.2, 0.25) is 0 Å². The van der Waals surface area contributed by atoms with Gasteiger partial charge in [0.2, 0.25) is 0 Å². The number of rotatable bonds is 6. The molecule has 26 heavy (non-hydrogen) atoms. The number of carbonyl (C=O) groups is 1. The fourth-order valence-electron chi connectivity index (χ4n) is 2.48. The number of pyridine rings is 1. The van der Waals surface area contributed by atoms with Crippen LogP contribution in [-0.4, -0.2) is 16.9 Å². The quantitative estimate of drug-likeness (QED) is 0.594. The van der Waals surface area contributed by atoms with Crippen LogP contribution in [0.4, 0.5) is 22.9 Å². The molecule has 1 amide bonds. The summed E-state index contributed by atoms with van der Waals surface area (Å²) in [7, 11) is 0. The number of aromatic nitrogens is 1. The van der Waals surface area contributed by atoms with Crippen LogP contribution in [0.25, 0.3) is 0 Å². The molecule has 1 heterocycles. The number of amides is 1. The number of nitrogens with zero attached hydrogens (tertiary/aromatic N) is 1. The summed E-state index contributed by atoms with van der Waals surface area (Å²) in [4.78, 5) is 16.8. The Morgan fingerprint density at radius 3 is 2.23 bits per heavy atom. The van der Waals surface area contributed by atoms with E-state index in [2.05, 4.69) is 20.9 Å². The molecule has 3 rings (SSSR count). The smallest absolute Gasteiger partial charge is 0.257 e. The standard InChI is InChI=1S/C21H22N4O/c1-15(2)23-20-13-12-16(14-22-20)21(26)25-19-11-7-6-10-18(19)24-17-8-4-3-5-9-17/h3-15,24H,1-2H3,(H,22,23)(H,25,26). The van der Waals surface area contributed by atoms with E-state index in [1.807, 2.05) is 74.5 Å². The lowest BCUT2D eigenvalue weighted by molar-refractivity contribution is 0.102. The summed E-state index contributed by atoms with van der Waals surface area (Å²) in [6, 6.07) is 21.3. The molecule has 0 aliphatic carbocycles. The molecule has 0 radical (unpaired) electrons. The van der Waals surface area contributed by atoms with E-state index in [0.29, 0.717) is 11.3 Å². The number of para-hydroxylation sites is 3. The highest BCUT2D eigenvalue weighted by molar-refractivity contribution is 6.06. The van der Waals surface area contributed by atoms with E-state index in [1.54, 1.807) is 12.3 Å². The molecule has 132 valence electrons. The predicted molar refractivity (Wildman–Crippen MR) is 107 cm³/mol. The lowest BCUT2D eigenvalue weighted by atomic mass is 10.2. The van der Waals surface area contributed by atoms with Crippen LogP contribution in [-0.2, 0) is 0 Å². The van der Waals surface area contributed by atoms with Crippen LogP contribution in [0.15, 0.2) is 72.9 Å². The number of hydrogen-bond acceptors (Lipinski definition) is 4. The fraction of sp³-hybridized carbons (Fsp3) is 0.143. The van der Waals surface area contributed by atoms with Crippen LogP contribution in [0.1, 0.15) is 24.2 Å². The van der Waals surface area contributed by atoms with E-state index in [4.69, 9.17) is 0 Å². The Labute approximate surface area is 153 Å². The van der Waals surface area contributed by atoms with Gasteiger partial charge in [-0.05, 0) is 50.2 Å². The van der Waals surface area contributed by atoms with E-state index >= 15 is 0 Å². The number of anilines is 4. The minimum Gasteiger partial charge on any atom is -0.368 e. The molecule has 0 bridgehead atoms. The van der Waals surface area contributed by atoms with Crippen LogP contribution in [0, 0.1) is 0 Å². The molecule has 0 fully saturated rings. The van der Waals surface area contributed by atoms with Crippen molar-refractivity contribution in [3.05, 3.63) is 78.5 Å². The molecule has 5 nitrogen and oxygen atoms in total. The summed E-state index contributed by atoms with van der Waals surface area (Å²) in [6.07, 6.45) is 1.58. The highest BCUT2D eigenvalue weighted by Crippen LogP contribution is 2.25. The third-order valence-electron chi connectivity index (χ3n) is 3.69. The zero-order valence-corrected chi connectivity index (χ0v) is 14.9. The molecule has 1 aromatic heterocycles. The number of hydrogen-bond donors (Lipinski definition) is 3. The van der Waals surface area contributed by atoms with Crippen LogP contribution < -0.4 is 16.0 Å². The minimum atomic E-state index is -0.198. The SMILES string of the molecule is CC(C)Nc1ccc(C(=O)Nc2ccccc2Nc2ccccc2)cn1. The first kappa shape index (κ1) is 17.5. The zero-order valence-electron chi connectivity index (χ0n) is 14.9. The topological polar surface area (TPSA) is 66.1 Å². The van der Waals surface area contributed by atoms with Crippen molar-refractivity contribution in [1.82, 2.24) is 4.98 Å². The van der Waals surface area contributed by atoms with Gasteiger partial charge in [0.25, 0.3) is 5.91 Å². The van der Waals surface area contributed by atoms with E-state index in [1.165, 1.54) is 0 Å². The van der Waals surface area contributed by atoms with Crippen molar-refractivity contribution in [2.45, 2.75) is 19.9 Å². The lowest BCUT2D eigenvalue weighted by Gasteiger charge is -2.13. The van der Waals surface area contributed by atoms with Crippen LogP contribution in [0.5, 0.6) is 0 Å². The van der Waals surface area contributed by atoms with Crippen molar-refractivity contribution in [3.63, 3.8) is 0 Å². The monoisotopic (exact) mass is 346 g/mol. The second-order valence-corrected chi connectivity index (χ2v) is 6.22. The van der Waals surface area contributed by atoms with Crippen molar-refractivity contribution in [2.75, 3.05) is 16.0 Å². The first-order valence-corrected chi connectivity index (χ1v) is 8.57. The van der Waals surface area contributed by atoms with E-state index in [9.17, 15) is 4.79 Å². The highest BCUT2D eigenvalue weighted by atomic mass is 16.1. The van der Waals surface area contributed by atoms with Crippen molar-refractivity contribution in [2.24, 2.45) is 0 Å². The van der Waals surface area contributed by atoms with E-state index < -0.39 is 0 Å². The van der Waals surface area contributed by atoms with Crippen LogP contribution >= 0.6 is 0 Å². The summed E-state index contributed by atoms with van der Waals surface area (Å²) in [5.41, 5.74) is 3.01. The molecule has 2 aromatic carbocycles. The van der Waals surface area contributed by atoms with Gasteiger partial charge in [0.15, 0.2) is 0 Å². The molecule has 0 atom stereocenters. The molecule has 0 unspecified atom stereocenters. The lowest BCUT2D eigenvalue weighted by Crippen LogP contribution is -2.15. The molecule has 0 saturated heterocycles. The second-order valence-electron chi connectivity index (χ2n) is 6.22. The van der Waals surface area contributed by atoms with E-state index in [-0.39, 0.29) is 11.9 Å². The molecule has 3 N–H and O–H groups in total. The van der Waals surface area contributed by atoms with Crippen molar-refractivity contribution >= 4 is 28.8 Å². The van der Waals surface area contributed by atoms with Crippen molar-refractivity contribution < 1.29 is 4.79 Å². The molecule has 3 aromatic rings. The second kappa shape index (κ2) is 8.16. The maximum Gasteiger partial charge on any atom is 0.257 e. The van der Waals surface area contributed by atoms with Gasteiger partial charge in [-0.15, -0.1) is 0 Å². The summed E-state index contributed by atoms with van der Waals surface area (Å²) in [5.74, 6) is 0.554. The first-order valence-electron chi connectivity index (χ1n) is 8.57. The third kappa shape index (κ3) is 4.60. The summed E-state index contributed by atoms with van der Waals surface area (Å²) >= 11 is 0. The highest BCUT2D eigenvalue weighted by Gasteiger charge is 2.10. The third-order valence-corrected chi connectivity index (χ3v) is 3.69. The fourth-order valence-corrected chi connectivity index (χ4v) is 2.48. The van der Waals surface area contributed by atoms with Crippen molar-refractivity contribution in [1.29, 1.82) is 0 Å².